The maximum Gasteiger partial charge on any atom is 0.325 e. The minimum Gasteiger partial charge on any atom is -0.343 e. The van der Waals surface area contributed by atoms with E-state index < -0.39 is 11.6 Å². The number of urea groups is 1. The van der Waals surface area contributed by atoms with E-state index in [-0.39, 0.29) is 24.3 Å². The summed E-state index contributed by atoms with van der Waals surface area (Å²) in [5.74, 6) is -0.348. The van der Waals surface area contributed by atoms with Crippen molar-refractivity contribution < 1.29 is 14.4 Å². The highest BCUT2D eigenvalue weighted by Gasteiger charge is 2.55. The predicted molar refractivity (Wildman–Crippen MR) is 82.2 cm³/mol. The first-order chi connectivity index (χ1) is 10.4. The molecular weight excluding hydrogens is 284 g/mol. The second kappa shape index (κ2) is 6.64. The minimum atomic E-state index is -0.793. The molecule has 1 saturated heterocycles. The summed E-state index contributed by atoms with van der Waals surface area (Å²) in [7, 11) is 3.49. The third-order valence-electron chi connectivity index (χ3n) is 4.92. The molecule has 0 aromatic rings. The molecule has 22 heavy (non-hydrogen) atoms. The van der Waals surface area contributed by atoms with E-state index in [1.165, 1.54) is 4.90 Å². The monoisotopic (exact) mass is 310 g/mol. The lowest BCUT2D eigenvalue weighted by molar-refractivity contribution is -0.140. The first-order valence-corrected chi connectivity index (χ1v) is 7.95. The van der Waals surface area contributed by atoms with E-state index in [1.807, 2.05) is 14.0 Å². The Morgan fingerprint density at radius 1 is 1.45 bits per heavy atom. The average molecular weight is 310 g/mol. The van der Waals surface area contributed by atoms with Gasteiger partial charge in [-0.1, -0.05) is 19.8 Å². The topological polar surface area (TPSA) is 81.8 Å². The van der Waals surface area contributed by atoms with E-state index in [0.717, 1.165) is 24.2 Å². The summed E-state index contributed by atoms with van der Waals surface area (Å²) in [5, 5.41) is 5.82. The number of likely N-dealkylation sites (N-methyl/N-ethyl adjacent to an activating group) is 2. The second-order valence-electron chi connectivity index (χ2n) is 6.36. The molecule has 0 aromatic carbocycles. The number of hydrogen-bond donors (Lipinski definition) is 2. The van der Waals surface area contributed by atoms with Crippen LogP contribution in [-0.2, 0) is 9.59 Å². The molecule has 4 amide bonds. The van der Waals surface area contributed by atoms with Gasteiger partial charge in [-0.05, 0) is 25.8 Å². The summed E-state index contributed by atoms with van der Waals surface area (Å²) < 4.78 is 0. The van der Waals surface area contributed by atoms with Gasteiger partial charge in [0.15, 0.2) is 0 Å². The lowest BCUT2D eigenvalue weighted by Crippen LogP contribution is -2.54. The number of carbonyl (C=O) groups is 3. The zero-order chi connectivity index (χ0) is 16.3. The zero-order valence-electron chi connectivity index (χ0n) is 13.6. The van der Waals surface area contributed by atoms with Crippen molar-refractivity contribution >= 4 is 17.8 Å². The summed E-state index contributed by atoms with van der Waals surface area (Å²) in [6.07, 6.45) is 3.60. The average Bonchev–Trinajstić information content (AvgIpc) is 2.73. The molecule has 1 saturated carbocycles. The zero-order valence-corrected chi connectivity index (χ0v) is 13.6. The molecule has 2 rings (SSSR count). The second-order valence-corrected chi connectivity index (χ2v) is 6.36. The van der Waals surface area contributed by atoms with Gasteiger partial charge < -0.3 is 15.5 Å². The maximum atomic E-state index is 12.7. The van der Waals surface area contributed by atoms with E-state index in [0.29, 0.717) is 19.5 Å². The van der Waals surface area contributed by atoms with Gasteiger partial charge in [0.1, 0.15) is 12.1 Å². The Morgan fingerprint density at radius 2 is 2.18 bits per heavy atom. The fourth-order valence-electron chi connectivity index (χ4n) is 3.30. The highest BCUT2D eigenvalue weighted by molar-refractivity contribution is 6.09. The van der Waals surface area contributed by atoms with Gasteiger partial charge in [-0.15, -0.1) is 0 Å². The number of rotatable bonds is 5. The maximum absolute atomic E-state index is 12.7. The van der Waals surface area contributed by atoms with Crippen LogP contribution in [0, 0.1) is 5.92 Å². The third kappa shape index (κ3) is 2.95. The minimum absolute atomic E-state index is 0.111. The Hall–Kier alpha value is -1.63. The normalized spacial score (nSPS) is 28.1. The standard InChI is InChI=1S/C15H26N4O3/c1-11-6-4-5-7-15(11)13(21)19(14(22)17-15)10-12(20)18(3)9-8-16-2/h11,16H,4-10H2,1-3H3,(H,17,22). The number of amides is 4. The predicted octanol–water partition coefficient (Wildman–Crippen LogP) is 0.165. The van der Waals surface area contributed by atoms with Gasteiger partial charge in [-0.25, -0.2) is 4.79 Å². The Morgan fingerprint density at radius 3 is 2.82 bits per heavy atom. The fraction of sp³-hybridized carbons (Fsp3) is 0.800. The Labute approximate surface area is 131 Å². The van der Waals surface area contributed by atoms with Crippen LogP contribution in [0.5, 0.6) is 0 Å². The largest absolute Gasteiger partial charge is 0.343 e. The number of carbonyl (C=O) groups excluding carboxylic acids is 3. The van der Waals surface area contributed by atoms with Crippen molar-refractivity contribution in [2.45, 2.75) is 38.1 Å². The molecule has 0 radical (unpaired) electrons. The summed E-state index contributed by atoms with van der Waals surface area (Å²) >= 11 is 0. The van der Waals surface area contributed by atoms with Crippen molar-refractivity contribution in [1.29, 1.82) is 0 Å². The fourth-order valence-corrected chi connectivity index (χ4v) is 3.30. The quantitative estimate of drug-likeness (QED) is 0.709. The van der Waals surface area contributed by atoms with Crippen LogP contribution in [0.15, 0.2) is 0 Å². The lowest BCUT2D eigenvalue weighted by atomic mass is 9.73. The summed E-state index contributed by atoms with van der Waals surface area (Å²) in [6, 6.07) is -0.436. The van der Waals surface area contributed by atoms with Crippen LogP contribution in [0.3, 0.4) is 0 Å². The van der Waals surface area contributed by atoms with Gasteiger partial charge in [0.2, 0.25) is 5.91 Å². The molecule has 2 N–H and O–H groups in total. The highest BCUT2D eigenvalue weighted by Crippen LogP contribution is 2.38. The van der Waals surface area contributed by atoms with Crippen molar-refractivity contribution in [3.05, 3.63) is 0 Å². The smallest absolute Gasteiger partial charge is 0.325 e. The van der Waals surface area contributed by atoms with Crippen molar-refractivity contribution in [3.8, 4) is 0 Å². The molecule has 1 aliphatic heterocycles. The van der Waals surface area contributed by atoms with Crippen LogP contribution in [0.4, 0.5) is 4.79 Å². The third-order valence-corrected chi connectivity index (χ3v) is 4.92. The molecule has 0 aromatic heterocycles. The SMILES string of the molecule is CNCCN(C)C(=O)CN1C(=O)NC2(CCCCC2C)C1=O. The van der Waals surface area contributed by atoms with Gasteiger partial charge in [0, 0.05) is 20.1 Å². The number of hydrogen-bond acceptors (Lipinski definition) is 4. The number of imide groups is 1. The number of nitrogens with one attached hydrogen (secondary N) is 2. The molecular formula is C15H26N4O3. The van der Waals surface area contributed by atoms with Crippen LogP contribution in [0.25, 0.3) is 0 Å². The lowest BCUT2D eigenvalue weighted by Gasteiger charge is -2.36. The van der Waals surface area contributed by atoms with Crippen LogP contribution >= 0.6 is 0 Å². The molecule has 1 spiro atoms. The van der Waals surface area contributed by atoms with Crippen molar-refractivity contribution in [1.82, 2.24) is 20.4 Å². The molecule has 7 heteroatoms. The molecule has 0 bridgehead atoms. The van der Waals surface area contributed by atoms with E-state index in [2.05, 4.69) is 10.6 Å². The van der Waals surface area contributed by atoms with Crippen molar-refractivity contribution in [3.63, 3.8) is 0 Å². The van der Waals surface area contributed by atoms with E-state index in [1.54, 1.807) is 7.05 Å². The Kier molecular flexibility index (Phi) is 5.05. The molecule has 1 aliphatic carbocycles. The van der Waals surface area contributed by atoms with Gasteiger partial charge in [0.25, 0.3) is 5.91 Å². The van der Waals surface area contributed by atoms with E-state index in [4.69, 9.17) is 0 Å². The molecule has 2 atom stereocenters. The van der Waals surface area contributed by atoms with Crippen LogP contribution in [0.2, 0.25) is 0 Å². The molecule has 2 aliphatic rings. The summed E-state index contributed by atoms with van der Waals surface area (Å²) in [4.78, 5) is 39.7. The molecule has 2 fully saturated rings. The first-order valence-electron chi connectivity index (χ1n) is 7.95. The van der Waals surface area contributed by atoms with Crippen LogP contribution in [0.1, 0.15) is 32.6 Å². The van der Waals surface area contributed by atoms with Gasteiger partial charge in [-0.2, -0.15) is 0 Å². The molecule has 7 nitrogen and oxygen atoms in total. The first kappa shape index (κ1) is 16.7. The number of nitrogens with zero attached hydrogens (tertiary/aromatic N) is 2. The van der Waals surface area contributed by atoms with E-state index in [9.17, 15) is 14.4 Å². The summed E-state index contributed by atoms with van der Waals surface area (Å²) in [5.41, 5.74) is -0.793. The van der Waals surface area contributed by atoms with Crippen LogP contribution < -0.4 is 10.6 Å². The molecule has 124 valence electrons. The van der Waals surface area contributed by atoms with Gasteiger partial charge in [-0.3, -0.25) is 14.5 Å². The highest BCUT2D eigenvalue weighted by atomic mass is 16.2. The Balaban J connectivity index is 2.04. The molecule has 1 heterocycles. The van der Waals surface area contributed by atoms with Crippen molar-refractivity contribution in [2.24, 2.45) is 5.92 Å². The van der Waals surface area contributed by atoms with E-state index >= 15 is 0 Å². The van der Waals surface area contributed by atoms with Crippen molar-refractivity contribution in [2.75, 3.05) is 33.7 Å². The van der Waals surface area contributed by atoms with Gasteiger partial charge >= 0.3 is 6.03 Å². The van der Waals surface area contributed by atoms with Gasteiger partial charge in [0.05, 0.1) is 0 Å². The summed E-state index contributed by atoms with van der Waals surface area (Å²) in [6.45, 7) is 3.03. The van der Waals surface area contributed by atoms with Crippen LogP contribution in [-0.4, -0.2) is 66.9 Å². The Bertz CT molecular complexity index is 468. The molecule has 2 unspecified atom stereocenters.